The highest BCUT2D eigenvalue weighted by Crippen LogP contribution is 2.17. The molecule has 0 aliphatic carbocycles. The summed E-state index contributed by atoms with van der Waals surface area (Å²) in [6.07, 6.45) is 5.89. The van der Waals surface area contributed by atoms with Crippen LogP contribution in [-0.2, 0) is 22.5 Å². The second kappa shape index (κ2) is 7.53. The molecule has 5 heteroatoms. The molecule has 1 atom stereocenters. The number of ether oxygens (including phenoxy) is 2. The maximum atomic E-state index is 5.80. The maximum absolute atomic E-state index is 5.80. The number of hydrogen-bond donors (Lipinski definition) is 1. The third kappa shape index (κ3) is 4.50. The van der Waals surface area contributed by atoms with Gasteiger partial charge in [-0.3, -0.25) is 0 Å². The lowest BCUT2D eigenvalue weighted by Gasteiger charge is -2.22. The second-order valence-electron chi connectivity index (χ2n) is 5.94. The first-order valence-corrected chi connectivity index (χ1v) is 8.10. The molecule has 23 heavy (non-hydrogen) atoms. The van der Waals surface area contributed by atoms with Gasteiger partial charge in [0.05, 0.1) is 6.61 Å². The van der Waals surface area contributed by atoms with E-state index in [0.29, 0.717) is 12.6 Å². The Morgan fingerprint density at radius 3 is 2.70 bits per heavy atom. The van der Waals surface area contributed by atoms with E-state index in [0.717, 1.165) is 42.7 Å². The van der Waals surface area contributed by atoms with Crippen LogP contribution in [0.1, 0.15) is 41.6 Å². The lowest BCUT2D eigenvalue weighted by molar-refractivity contribution is -0.168. The van der Waals surface area contributed by atoms with Crippen LogP contribution in [0, 0.1) is 6.92 Å². The number of aryl methyl sites for hydroxylation is 1. The van der Waals surface area contributed by atoms with Gasteiger partial charge in [0.25, 0.3) is 0 Å². The minimum absolute atomic E-state index is 0.0435. The molecule has 1 fully saturated rings. The van der Waals surface area contributed by atoms with Crippen LogP contribution in [0.4, 0.5) is 5.95 Å². The van der Waals surface area contributed by atoms with Gasteiger partial charge >= 0.3 is 0 Å². The Hall–Kier alpha value is -1.98. The average Bonchev–Trinajstić information content (AvgIpc) is 2.58. The summed E-state index contributed by atoms with van der Waals surface area (Å²) in [6.45, 7) is 3.36. The van der Waals surface area contributed by atoms with E-state index in [9.17, 15) is 0 Å². The fraction of sp³-hybridized carbons (Fsp3) is 0.444. The van der Waals surface area contributed by atoms with Gasteiger partial charge in [-0.1, -0.05) is 24.3 Å². The van der Waals surface area contributed by atoms with Crippen LogP contribution in [0.2, 0.25) is 0 Å². The fourth-order valence-electron chi connectivity index (χ4n) is 2.69. The normalized spacial score (nSPS) is 18.0. The molecule has 0 saturated carbocycles. The number of anilines is 1. The Balaban J connectivity index is 1.56. The van der Waals surface area contributed by atoms with Crippen LogP contribution in [0.3, 0.4) is 0 Å². The van der Waals surface area contributed by atoms with Crippen molar-refractivity contribution in [2.75, 3.05) is 12.3 Å². The van der Waals surface area contributed by atoms with Crippen molar-refractivity contribution in [2.24, 2.45) is 0 Å². The number of nitrogen functional groups attached to an aromatic ring is 1. The number of aromatic nitrogens is 2. The molecule has 0 unspecified atom stereocenters. The van der Waals surface area contributed by atoms with E-state index in [1.165, 1.54) is 12.0 Å². The van der Waals surface area contributed by atoms with Crippen molar-refractivity contribution in [1.29, 1.82) is 0 Å². The summed E-state index contributed by atoms with van der Waals surface area (Å²) in [6, 6.07) is 8.45. The molecule has 122 valence electrons. The number of nitrogens with zero attached hydrogens (tertiary/aromatic N) is 2. The molecule has 2 N–H and O–H groups in total. The Morgan fingerprint density at radius 2 is 2.00 bits per heavy atom. The van der Waals surface area contributed by atoms with E-state index in [4.69, 9.17) is 15.2 Å². The summed E-state index contributed by atoms with van der Waals surface area (Å²) < 4.78 is 11.4. The molecule has 2 heterocycles. The minimum atomic E-state index is -0.0435. The van der Waals surface area contributed by atoms with E-state index >= 15 is 0 Å². The molecule has 1 aromatic heterocycles. The zero-order valence-electron chi connectivity index (χ0n) is 13.5. The van der Waals surface area contributed by atoms with E-state index in [2.05, 4.69) is 34.2 Å². The van der Waals surface area contributed by atoms with Crippen molar-refractivity contribution in [3.8, 4) is 0 Å². The fourth-order valence-corrected chi connectivity index (χ4v) is 2.69. The zero-order valence-corrected chi connectivity index (χ0v) is 13.5. The SMILES string of the molecule is Cc1nc(N)ncc1Cc1ccc(CO[C@H]2CCCCO2)cc1. The molecule has 5 nitrogen and oxygen atoms in total. The quantitative estimate of drug-likeness (QED) is 0.919. The van der Waals surface area contributed by atoms with Gasteiger partial charge < -0.3 is 15.2 Å². The first-order valence-electron chi connectivity index (χ1n) is 8.10. The number of hydrogen-bond acceptors (Lipinski definition) is 5. The van der Waals surface area contributed by atoms with Crippen LogP contribution in [0.25, 0.3) is 0 Å². The molecule has 1 aromatic carbocycles. The van der Waals surface area contributed by atoms with Crippen molar-refractivity contribution in [3.63, 3.8) is 0 Å². The Bertz CT molecular complexity index is 637. The lowest BCUT2D eigenvalue weighted by atomic mass is 10.0. The molecular weight excluding hydrogens is 290 g/mol. The Labute approximate surface area is 136 Å². The van der Waals surface area contributed by atoms with E-state index in [1.54, 1.807) is 6.20 Å². The van der Waals surface area contributed by atoms with Crippen LogP contribution in [-0.4, -0.2) is 22.9 Å². The van der Waals surface area contributed by atoms with E-state index in [-0.39, 0.29) is 6.29 Å². The van der Waals surface area contributed by atoms with Gasteiger partial charge in [-0.2, -0.15) is 0 Å². The largest absolute Gasteiger partial charge is 0.368 e. The third-order valence-electron chi connectivity index (χ3n) is 4.09. The molecule has 3 rings (SSSR count). The van der Waals surface area contributed by atoms with E-state index in [1.807, 2.05) is 6.92 Å². The van der Waals surface area contributed by atoms with Crippen molar-refractivity contribution in [3.05, 3.63) is 52.8 Å². The molecule has 0 spiro atoms. The van der Waals surface area contributed by atoms with Gasteiger partial charge in [0.15, 0.2) is 6.29 Å². The topological polar surface area (TPSA) is 70.3 Å². The predicted octanol–water partition coefficient (Wildman–Crippen LogP) is 3.00. The molecule has 0 radical (unpaired) electrons. The van der Waals surface area contributed by atoms with Crippen LogP contribution in [0.5, 0.6) is 0 Å². The van der Waals surface area contributed by atoms with Gasteiger partial charge in [-0.15, -0.1) is 0 Å². The Morgan fingerprint density at radius 1 is 1.22 bits per heavy atom. The summed E-state index contributed by atoms with van der Waals surface area (Å²) in [5.41, 5.74) is 10.00. The molecule has 1 aliphatic rings. The van der Waals surface area contributed by atoms with Gasteiger partial charge in [-0.25, -0.2) is 9.97 Å². The summed E-state index contributed by atoms with van der Waals surface area (Å²) >= 11 is 0. The molecule has 1 aliphatic heterocycles. The van der Waals surface area contributed by atoms with Crippen LogP contribution >= 0.6 is 0 Å². The van der Waals surface area contributed by atoms with Crippen LogP contribution < -0.4 is 5.73 Å². The van der Waals surface area contributed by atoms with Crippen LogP contribution in [0.15, 0.2) is 30.5 Å². The first-order chi connectivity index (χ1) is 11.2. The standard InChI is InChI=1S/C18H23N3O2/c1-13-16(11-20-18(19)21-13)10-14-5-7-15(8-6-14)12-23-17-4-2-3-9-22-17/h5-8,11,17H,2-4,9-10,12H2,1H3,(H2,19,20,21)/t17-/m0/s1. The summed E-state index contributed by atoms with van der Waals surface area (Å²) in [5, 5.41) is 0. The van der Waals surface area contributed by atoms with Gasteiger partial charge in [0.1, 0.15) is 0 Å². The van der Waals surface area contributed by atoms with Crippen molar-refractivity contribution >= 4 is 5.95 Å². The monoisotopic (exact) mass is 313 g/mol. The van der Waals surface area contributed by atoms with Gasteiger partial charge in [0.2, 0.25) is 5.95 Å². The molecule has 0 bridgehead atoms. The lowest BCUT2D eigenvalue weighted by Crippen LogP contribution is -2.21. The van der Waals surface area contributed by atoms with Crippen molar-refractivity contribution in [1.82, 2.24) is 9.97 Å². The molecule has 1 saturated heterocycles. The highest BCUT2D eigenvalue weighted by atomic mass is 16.7. The summed E-state index contributed by atoms with van der Waals surface area (Å²) in [4.78, 5) is 8.27. The van der Waals surface area contributed by atoms with Crippen molar-refractivity contribution in [2.45, 2.75) is 45.5 Å². The summed E-state index contributed by atoms with van der Waals surface area (Å²) in [5.74, 6) is 0.323. The minimum Gasteiger partial charge on any atom is -0.368 e. The number of rotatable bonds is 5. The van der Waals surface area contributed by atoms with Gasteiger partial charge in [0, 0.05) is 24.9 Å². The van der Waals surface area contributed by atoms with Gasteiger partial charge in [-0.05, 0) is 42.9 Å². The first kappa shape index (κ1) is 15.9. The Kier molecular flexibility index (Phi) is 5.20. The highest BCUT2D eigenvalue weighted by Gasteiger charge is 2.13. The highest BCUT2D eigenvalue weighted by molar-refractivity contribution is 5.31. The third-order valence-corrected chi connectivity index (χ3v) is 4.09. The molecule has 2 aromatic rings. The van der Waals surface area contributed by atoms with E-state index < -0.39 is 0 Å². The second-order valence-corrected chi connectivity index (χ2v) is 5.94. The maximum Gasteiger partial charge on any atom is 0.220 e. The average molecular weight is 313 g/mol. The number of nitrogens with two attached hydrogens (primary N) is 1. The number of benzene rings is 1. The molecule has 0 amide bonds. The molecular formula is C18H23N3O2. The smallest absolute Gasteiger partial charge is 0.220 e. The predicted molar refractivity (Wildman–Crippen MR) is 88.8 cm³/mol. The van der Waals surface area contributed by atoms with Crippen molar-refractivity contribution < 1.29 is 9.47 Å². The zero-order chi connectivity index (χ0) is 16.1. The summed E-state index contributed by atoms with van der Waals surface area (Å²) in [7, 11) is 0.